The van der Waals surface area contributed by atoms with E-state index in [1.807, 2.05) is 0 Å². The summed E-state index contributed by atoms with van der Waals surface area (Å²) in [5.41, 5.74) is 1.11. The van der Waals surface area contributed by atoms with E-state index in [0.29, 0.717) is 5.69 Å². The van der Waals surface area contributed by atoms with Crippen molar-refractivity contribution in [3.05, 3.63) is 54.3 Å². The Hall–Kier alpha value is -3.22. The molecule has 0 saturated carbocycles. The van der Waals surface area contributed by atoms with Crippen LogP contribution in [-0.4, -0.2) is 23.4 Å². The molecule has 2 aromatic carbocycles. The number of rotatable bonds is 5. The second kappa shape index (κ2) is 6.95. The fourth-order valence-corrected chi connectivity index (χ4v) is 2.76. The molecule has 1 saturated heterocycles. The molecule has 2 aromatic rings. The average molecular weight is 355 g/mol. The number of anilines is 1. The highest BCUT2D eigenvalue weighted by molar-refractivity contribution is 6.07. The molecule has 0 radical (unpaired) electrons. The largest absolute Gasteiger partial charge is 0.326 e. The van der Waals surface area contributed by atoms with Crippen LogP contribution in [0.25, 0.3) is 11.1 Å². The van der Waals surface area contributed by atoms with Crippen molar-refractivity contribution in [2.24, 2.45) is 0 Å². The molecule has 1 aliphatic heterocycles. The minimum atomic E-state index is -1.07. The second-order valence-electron chi connectivity index (χ2n) is 6.38. The number of urea groups is 1. The van der Waals surface area contributed by atoms with Crippen LogP contribution in [-0.2, 0) is 9.59 Å². The molecule has 1 fully saturated rings. The monoisotopic (exact) mass is 355 g/mol. The van der Waals surface area contributed by atoms with Crippen LogP contribution in [0.15, 0.2) is 48.5 Å². The standard InChI is InChI=1S/C19H18FN3O3/c1-19(17(25)22-18(26)23-19)10-9-16(24)21-15-7-5-12(6-8-15)13-3-2-4-14(20)11-13/h2-8,11H,9-10H2,1H3,(H,21,24)(H2,22,23,25,26). The van der Waals surface area contributed by atoms with E-state index in [1.165, 1.54) is 12.1 Å². The number of nitrogens with one attached hydrogen (secondary N) is 3. The number of benzene rings is 2. The van der Waals surface area contributed by atoms with Crippen molar-refractivity contribution in [1.29, 1.82) is 0 Å². The first-order chi connectivity index (χ1) is 12.4. The molecule has 26 heavy (non-hydrogen) atoms. The van der Waals surface area contributed by atoms with Gasteiger partial charge < -0.3 is 10.6 Å². The summed E-state index contributed by atoms with van der Waals surface area (Å²) in [4.78, 5) is 35.0. The van der Waals surface area contributed by atoms with Gasteiger partial charge in [-0.1, -0.05) is 24.3 Å². The molecule has 1 heterocycles. The molecule has 1 aliphatic rings. The number of carbonyl (C=O) groups excluding carboxylic acids is 3. The van der Waals surface area contributed by atoms with Crippen LogP contribution in [0.5, 0.6) is 0 Å². The van der Waals surface area contributed by atoms with Gasteiger partial charge in [-0.2, -0.15) is 0 Å². The van der Waals surface area contributed by atoms with E-state index in [2.05, 4.69) is 16.0 Å². The van der Waals surface area contributed by atoms with Crippen molar-refractivity contribution < 1.29 is 18.8 Å². The molecule has 0 aliphatic carbocycles. The third-order valence-electron chi connectivity index (χ3n) is 4.30. The first-order valence-corrected chi connectivity index (χ1v) is 8.15. The SMILES string of the molecule is CC1(CCC(=O)Nc2ccc(-c3cccc(F)c3)cc2)NC(=O)NC1=O. The Bertz CT molecular complexity index is 867. The first kappa shape index (κ1) is 17.6. The van der Waals surface area contributed by atoms with Gasteiger partial charge in [0.25, 0.3) is 5.91 Å². The third-order valence-corrected chi connectivity index (χ3v) is 4.30. The maximum Gasteiger partial charge on any atom is 0.322 e. The molecule has 3 N–H and O–H groups in total. The third kappa shape index (κ3) is 3.88. The average Bonchev–Trinajstić information content (AvgIpc) is 2.86. The summed E-state index contributed by atoms with van der Waals surface area (Å²) in [6, 6.07) is 12.7. The molecule has 134 valence electrons. The minimum Gasteiger partial charge on any atom is -0.326 e. The Kier molecular flexibility index (Phi) is 4.71. The van der Waals surface area contributed by atoms with Crippen molar-refractivity contribution >= 4 is 23.5 Å². The molecule has 1 atom stereocenters. The summed E-state index contributed by atoms with van der Waals surface area (Å²) in [7, 11) is 0. The maximum atomic E-state index is 13.3. The van der Waals surface area contributed by atoms with E-state index < -0.39 is 17.5 Å². The molecular formula is C19H18FN3O3. The van der Waals surface area contributed by atoms with Crippen LogP contribution in [0.4, 0.5) is 14.9 Å². The highest BCUT2D eigenvalue weighted by Crippen LogP contribution is 2.23. The molecule has 0 spiro atoms. The van der Waals surface area contributed by atoms with Gasteiger partial charge in [-0.15, -0.1) is 0 Å². The quantitative estimate of drug-likeness (QED) is 0.721. The molecule has 4 amide bonds. The van der Waals surface area contributed by atoms with Gasteiger partial charge in [-0.05, 0) is 48.7 Å². The van der Waals surface area contributed by atoms with E-state index in [-0.39, 0.29) is 24.6 Å². The van der Waals surface area contributed by atoms with Gasteiger partial charge in [0.1, 0.15) is 11.4 Å². The topological polar surface area (TPSA) is 87.3 Å². The highest BCUT2D eigenvalue weighted by Gasteiger charge is 2.41. The maximum absolute atomic E-state index is 13.3. The van der Waals surface area contributed by atoms with E-state index >= 15 is 0 Å². The van der Waals surface area contributed by atoms with Crippen molar-refractivity contribution in [2.45, 2.75) is 25.3 Å². The van der Waals surface area contributed by atoms with Crippen LogP contribution in [0.3, 0.4) is 0 Å². The first-order valence-electron chi connectivity index (χ1n) is 8.15. The summed E-state index contributed by atoms with van der Waals surface area (Å²) in [6.45, 7) is 1.58. The van der Waals surface area contributed by atoms with Crippen LogP contribution in [0.1, 0.15) is 19.8 Å². The van der Waals surface area contributed by atoms with Crippen molar-refractivity contribution in [3.8, 4) is 11.1 Å². The summed E-state index contributed by atoms with van der Waals surface area (Å²) in [5.74, 6) is -1.01. The smallest absolute Gasteiger partial charge is 0.322 e. The molecular weight excluding hydrogens is 337 g/mol. The normalized spacial score (nSPS) is 19.0. The lowest BCUT2D eigenvalue weighted by Crippen LogP contribution is -2.44. The van der Waals surface area contributed by atoms with Crippen LogP contribution in [0.2, 0.25) is 0 Å². The number of hydrogen-bond acceptors (Lipinski definition) is 3. The number of hydrogen-bond donors (Lipinski definition) is 3. The van der Waals surface area contributed by atoms with Crippen LogP contribution in [0, 0.1) is 5.82 Å². The van der Waals surface area contributed by atoms with Crippen molar-refractivity contribution in [1.82, 2.24) is 10.6 Å². The number of amides is 4. The van der Waals surface area contributed by atoms with E-state index in [4.69, 9.17) is 0 Å². The van der Waals surface area contributed by atoms with Gasteiger partial charge in [0, 0.05) is 12.1 Å². The second-order valence-corrected chi connectivity index (χ2v) is 6.38. The number of carbonyl (C=O) groups is 3. The zero-order valence-corrected chi connectivity index (χ0v) is 14.1. The van der Waals surface area contributed by atoms with E-state index in [1.54, 1.807) is 43.3 Å². The van der Waals surface area contributed by atoms with Gasteiger partial charge >= 0.3 is 6.03 Å². The molecule has 7 heteroatoms. The molecule has 0 aromatic heterocycles. The van der Waals surface area contributed by atoms with Gasteiger partial charge in [-0.3, -0.25) is 14.9 Å². The Labute approximate surface area is 149 Å². The predicted molar refractivity (Wildman–Crippen MR) is 94.8 cm³/mol. The van der Waals surface area contributed by atoms with Crippen molar-refractivity contribution in [2.75, 3.05) is 5.32 Å². The lowest BCUT2D eigenvalue weighted by molar-refractivity contribution is -0.124. The van der Waals surface area contributed by atoms with E-state index in [0.717, 1.165) is 11.1 Å². The zero-order valence-electron chi connectivity index (χ0n) is 14.1. The van der Waals surface area contributed by atoms with Crippen molar-refractivity contribution in [3.63, 3.8) is 0 Å². The van der Waals surface area contributed by atoms with E-state index in [9.17, 15) is 18.8 Å². The summed E-state index contributed by atoms with van der Waals surface area (Å²) in [5, 5.41) is 7.42. The fourth-order valence-electron chi connectivity index (χ4n) is 2.76. The Morgan fingerprint density at radius 2 is 1.85 bits per heavy atom. The number of halogens is 1. The molecule has 3 rings (SSSR count). The summed E-state index contributed by atoms with van der Waals surface area (Å²) < 4.78 is 13.3. The molecule has 0 bridgehead atoms. The molecule has 1 unspecified atom stereocenters. The Balaban J connectivity index is 1.58. The minimum absolute atomic E-state index is 0.0792. The zero-order chi connectivity index (χ0) is 18.7. The number of imide groups is 1. The lowest BCUT2D eigenvalue weighted by Gasteiger charge is -2.19. The Morgan fingerprint density at radius 3 is 2.46 bits per heavy atom. The molecule has 6 nitrogen and oxygen atoms in total. The highest BCUT2D eigenvalue weighted by atomic mass is 19.1. The van der Waals surface area contributed by atoms with Crippen LogP contribution >= 0.6 is 0 Å². The lowest BCUT2D eigenvalue weighted by atomic mass is 9.96. The fraction of sp³-hybridized carbons (Fsp3) is 0.211. The van der Waals surface area contributed by atoms with Crippen LogP contribution < -0.4 is 16.0 Å². The summed E-state index contributed by atoms with van der Waals surface area (Å²) >= 11 is 0. The van der Waals surface area contributed by atoms with Gasteiger partial charge in [-0.25, -0.2) is 9.18 Å². The predicted octanol–water partition coefficient (Wildman–Crippen LogP) is 2.81. The van der Waals surface area contributed by atoms with Gasteiger partial charge in [0.05, 0.1) is 0 Å². The summed E-state index contributed by atoms with van der Waals surface area (Å²) in [6.07, 6.45) is 0.271. The van der Waals surface area contributed by atoms with Gasteiger partial charge in [0.2, 0.25) is 5.91 Å². The van der Waals surface area contributed by atoms with Gasteiger partial charge in [0.15, 0.2) is 0 Å². The Morgan fingerprint density at radius 1 is 1.12 bits per heavy atom.